The summed E-state index contributed by atoms with van der Waals surface area (Å²) in [6, 6.07) is 5.19. The highest BCUT2D eigenvalue weighted by molar-refractivity contribution is 5.30. The van der Waals surface area contributed by atoms with Crippen molar-refractivity contribution in [3.8, 4) is 5.75 Å². The number of ether oxygens (including phenoxy) is 1. The number of alkyl halides is 4. The SMILES string of the molecule is Cc1nnc(C(F)C(O)c2cccc(OC(F)C(F)CCF)c2)o1. The highest BCUT2D eigenvalue weighted by Gasteiger charge is 2.28. The molecule has 0 aliphatic rings. The van der Waals surface area contributed by atoms with Crippen LogP contribution in [0, 0.1) is 6.92 Å². The molecule has 1 aromatic heterocycles. The topological polar surface area (TPSA) is 68.4 Å². The zero-order valence-electron chi connectivity index (χ0n) is 12.7. The fraction of sp³-hybridized carbons (Fsp3) is 0.467. The molecular formula is C15H16F4N2O3. The van der Waals surface area contributed by atoms with Crippen molar-refractivity contribution in [2.24, 2.45) is 0 Å². The van der Waals surface area contributed by atoms with Crippen molar-refractivity contribution in [2.45, 2.75) is 38.1 Å². The van der Waals surface area contributed by atoms with E-state index in [0.717, 1.165) is 6.07 Å². The molecule has 9 heteroatoms. The predicted molar refractivity (Wildman–Crippen MR) is 75.3 cm³/mol. The van der Waals surface area contributed by atoms with Crippen LogP contribution in [0.25, 0.3) is 0 Å². The van der Waals surface area contributed by atoms with Crippen molar-refractivity contribution < 1.29 is 31.8 Å². The summed E-state index contributed by atoms with van der Waals surface area (Å²) in [5.41, 5.74) is 0.0453. The van der Waals surface area contributed by atoms with Gasteiger partial charge in [-0.15, -0.1) is 10.2 Å². The lowest BCUT2D eigenvalue weighted by Crippen LogP contribution is -2.24. The Labute approximate surface area is 135 Å². The highest BCUT2D eigenvalue weighted by atomic mass is 19.2. The molecule has 2 rings (SSSR count). The van der Waals surface area contributed by atoms with Crippen LogP contribution in [0.1, 0.15) is 36.0 Å². The van der Waals surface area contributed by atoms with Crippen molar-refractivity contribution >= 4 is 0 Å². The molecule has 1 N–H and O–H groups in total. The number of aliphatic hydroxyl groups excluding tert-OH is 1. The van der Waals surface area contributed by atoms with Crippen molar-refractivity contribution in [1.29, 1.82) is 0 Å². The second-order valence-electron chi connectivity index (χ2n) is 5.04. The van der Waals surface area contributed by atoms with Crippen LogP contribution in [0.2, 0.25) is 0 Å². The second-order valence-corrected chi connectivity index (χ2v) is 5.04. The number of rotatable bonds is 8. The largest absolute Gasteiger partial charge is 0.457 e. The van der Waals surface area contributed by atoms with E-state index in [1.807, 2.05) is 0 Å². The Hall–Kier alpha value is -2.16. The number of hydrogen-bond donors (Lipinski definition) is 1. The van der Waals surface area contributed by atoms with Gasteiger partial charge in [0.2, 0.25) is 12.1 Å². The van der Waals surface area contributed by atoms with Gasteiger partial charge in [0.15, 0.2) is 6.17 Å². The first-order valence-corrected chi connectivity index (χ1v) is 7.15. The molecule has 0 saturated heterocycles. The number of halogens is 4. The maximum atomic E-state index is 14.2. The molecule has 0 saturated carbocycles. The van der Waals surface area contributed by atoms with Gasteiger partial charge in [-0.2, -0.15) is 4.39 Å². The van der Waals surface area contributed by atoms with Gasteiger partial charge in [0.1, 0.15) is 11.9 Å². The molecule has 0 spiro atoms. The first kappa shape index (κ1) is 18.2. The third-order valence-electron chi connectivity index (χ3n) is 3.17. The molecule has 1 heterocycles. The Morgan fingerprint density at radius 2 is 2.00 bits per heavy atom. The lowest BCUT2D eigenvalue weighted by atomic mass is 10.1. The number of aryl methyl sites for hydroxylation is 1. The molecule has 132 valence electrons. The van der Waals surface area contributed by atoms with Crippen LogP contribution in [0.15, 0.2) is 28.7 Å². The number of benzene rings is 1. The fourth-order valence-corrected chi connectivity index (χ4v) is 1.94. The second kappa shape index (κ2) is 8.09. The molecule has 0 amide bonds. The Morgan fingerprint density at radius 3 is 2.62 bits per heavy atom. The molecule has 0 radical (unpaired) electrons. The van der Waals surface area contributed by atoms with Gasteiger partial charge >= 0.3 is 0 Å². The smallest absolute Gasteiger partial charge is 0.269 e. The Balaban J connectivity index is 2.08. The summed E-state index contributed by atoms with van der Waals surface area (Å²) < 4.78 is 62.5. The van der Waals surface area contributed by atoms with Crippen molar-refractivity contribution in [3.05, 3.63) is 41.6 Å². The van der Waals surface area contributed by atoms with E-state index in [1.165, 1.54) is 25.1 Å². The van der Waals surface area contributed by atoms with E-state index in [4.69, 9.17) is 9.15 Å². The van der Waals surface area contributed by atoms with E-state index in [9.17, 15) is 22.7 Å². The maximum Gasteiger partial charge on any atom is 0.269 e. The lowest BCUT2D eigenvalue weighted by molar-refractivity contribution is -0.0115. The minimum Gasteiger partial charge on any atom is -0.457 e. The maximum absolute atomic E-state index is 14.2. The number of aliphatic hydroxyl groups is 1. The van der Waals surface area contributed by atoms with Crippen molar-refractivity contribution in [3.63, 3.8) is 0 Å². The van der Waals surface area contributed by atoms with Gasteiger partial charge in [0.05, 0.1) is 6.67 Å². The molecule has 0 aliphatic heterocycles. The molecule has 0 bridgehead atoms. The molecule has 4 atom stereocenters. The van der Waals surface area contributed by atoms with Crippen LogP contribution < -0.4 is 4.74 Å². The minimum atomic E-state index is -2.37. The average Bonchev–Trinajstić information content (AvgIpc) is 3.00. The van der Waals surface area contributed by atoms with E-state index in [-0.39, 0.29) is 17.2 Å². The van der Waals surface area contributed by atoms with E-state index in [2.05, 4.69) is 10.2 Å². The number of nitrogens with zero attached hydrogens (tertiary/aromatic N) is 2. The van der Waals surface area contributed by atoms with Crippen LogP contribution in [0.4, 0.5) is 17.6 Å². The standard InChI is InChI=1S/C15H16F4N2O3/c1-8-20-21-15(23-8)12(18)13(22)9-3-2-4-10(7-9)24-14(19)11(17)5-6-16/h2-4,7,11-14,22H,5-6H2,1H3. The zero-order valence-corrected chi connectivity index (χ0v) is 12.7. The third-order valence-corrected chi connectivity index (χ3v) is 3.17. The van der Waals surface area contributed by atoms with Gasteiger partial charge in [-0.1, -0.05) is 12.1 Å². The van der Waals surface area contributed by atoms with Gasteiger partial charge in [-0.3, -0.25) is 4.39 Å². The highest BCUT2D eigenvalue weighted by Crippen LogP contribution is 2.33. The van der Waals surface area contributed by atoms with E-state index in [1.54, 1.807) is 0 Å². The summed E-state index contributed by atoms with van der Waals surface area (Å²) in [5.74, 6) is -0.394. The van der Waals surface area contributed by atoms with Crippen molar-refractivity contribution in [2.75, 3.05) is 6.67 Å². The normalized spacial score (nSPS) is 16.4. The molecule has 0 fully saturated rings. The van der Waals surface area contributed by atoms with Gasteiger partial charge in [-0.25, -0.2) is 8.78 Å². The Bertz CT molecular complexity index is 655. The Morgan fingerprint density at radius 1 is 1.25 bits per heavy atom. The molecule has 4 unspecified atom stereocenters. The van der Waals surface area contributed by atoms with Crippen LogP contribution in [0.5, 0.6) is 5.75 Å². The van der Waals surface area contributed by atoms with Crippen LogP contribution in [0.3, 0.4) is 0 Å². The molecule has 1 aromatic carbocycles. The molecular weight excluding hydrogens is 332 g/mol. The number of hydrogen-bond acceptors (Lipinski definition) is 5. The predicted octanol–water partition coefficient (Wildman–Crippen LogP) is 3.49. The molecule has 0 aliphatic carbocycles. The number of aromatic nitrogens is 2. The molecule has 2 aromatic rings. The van der Waals surface area contributed by atoms with Crippen LogP contribution >= 0.6 is 0 Å². The first-order chi connectivity index (χ1) is 11.4. The zero-order chi connectivity index (χ0) is 17.7. The lowest BCUT2D eigenvalue weighted by Gasteiger charge is -2.17. The Kier molecular flexibility index (Phi) is 6.13. The van der Waals surface area contributed by atoms with Crippen LogP contribution in [-0.2, 0) is 0 Å². The average molecular weight is 348 g/mol. The van der Waals surface area contributed by atoms with Crippen molar-refractivity contribution in [1.82, 2.24) is 10.2 Å². The summed E-state index contributed by atoms with van der Waals surface area (Å²) in [5, 5.41) is 17.0. The summed E-state index contributed by atoms with van der Waals surface area (Å²) in [4.78, 5) is 0. The molecule has 24 heavy (non-hydrogen) atoms. The summed E-state index contributed by atoms with van der Waals surface area (Å²) in [6.07, 6.45) is -8.79. The van der Waals surface area contributed by atoms with E-state index < -0.39 is 43.8 Å². The fourth-order valence-electron chi connectivity index (χ4n) is 1.94. The van der Waals surface area contributed by atoms with Gasteiger partial charge in [-0.05, 0) is 17.7 Å². The van der Waals surface area contributed by atoms with E-state index >= 15 is 0 Å². The molecule has 5 nitrogen and oxygen atoms in total. The summed E-state index contributed by atoms with van der Waals surface area (Å²) in [7, 11) is 0. The first-order valence-electron chi connectivity index (χ1n) is 7.15. The minimum absolute atomic E-state index is 0.0453. The third kappa shape index (κ3) is 4.44. The monoisotopic (exact) mass is 348 g/mol. The van der Waals surface area contributed by atoms with Crippen LogP contribution in [-0.4, -0.2) is 34.5 Å². The van der Waals surface area contributed by atoms with Gasteiger partial charge in [0.25, 0.3) is 12.2 Å². The summed E-state index contributed by atoms with van der Waals surface area (Å²) in [6.45, 7) is 0.451. The quantitative estimate of drug-likeness (QED) is 0.740. The summed E-state index contributed by atoms with van der Waals surface area (Å²) >= 11 is 0. The van der Waals surface area contributed by atoms with E-state index in [0.29, 0.717) is 0 Å². The van der Waals surface area contributed by atoms with Gasteiger partial charge in [0, 0.05) is 13.3 Å². The van der Waals surface area contributed by atoms with Gasteiger partial charge < -0.3 is 14.3 Å².